The third kappa shape index (κ3) is 22.5. The van der Waals surface area contributed by atoms with Crippen LogP contribution in [0, 0.1) is 0 Å². The van der Waals surface area contributed by atoms with Crippen molar-refractivity contribution in [2.75, 3.05) is 0 Å². The van der Waals surface area contributed by atoms with E-state index in [0.29, 0.717) is 19.3 Å². The van der Waals surface area contributed by atoms with Crippen molar-refractivity contribution in [2.45, 2.75) is 226 Å². The first-order valence-corrected chi connectivity index (χ1v) is 18.5. The van der Waals surface area contributed by atoms with Crippen molar-refractivity contribution in [3.8, 4) is 0 Å². The van der Waals surface area contributed by atoms with Gasteiger partial charge in [-0.1, -0.05) is 175 Å². The summed E-state index contributed by atoms with van der Waals surface area (Å²) >= 11 is 0. The highest BCUT2D eigenvalue weighted by atomic mass is 16.3. The van der Waals surface area contributed by atoms with Crippen LogP contribution in [-0.4, -0.2) is 28.4 Å². The maximum Gasteiger partial charge on any atom is 0.160 e. The fraction of sp³-hybridized carbons (Fsp3) is 0.946. The Morgan fingerprint density at radius 3 is 0.951 bits per heavy atom. The third-order valence-corrected chi connectivity index (χ3v) is 8.95. The molecule has 4 nitrogen and oxygen atoms in total. The number of Topliss-reactive ketones (excluding diaryl/α,β-unsaturated/α-hetero) is 2. The number of rotatable bonds is 33. The molecule has 1 unspecified atom stereocenters. The van der Waals surface area contributed by atoms with E-state index in [2.05, 4.69) is 19.2 Å². The van der Waals surface area contributed by atoms with E-state index in [1.54, 1.807) is 6.92 Å². The molecule has 0 rings (SSSR count). The fourth-order valence-corrected chi connectivity index (χ4v) is 6.20. The van der Waals surface area contributed by atoms with Gasteiger partial charge in [0, 0.05) is 12.8 Å². The third-order valence-electron chi connectivity index (χ3n) is 8.95. The number of hydrogen-bond donors (Lipinski definition) is 2. The molecule has 0 radical (unpaired) electrons. The Labute approximate surface area is 257 Å². The van der Waals surface area contributed by atoms with E-state index in [-0.39, 0.29) is 11.6 Å². The van der Waals surface area contributed by atoms with Gasteiger partial charge in [-0.15, -0.1) is 0 Å². The molecule has 244 valence electrons. The zero-order valence-electron chi connectivity index (χ0n) is 28.3. The maximum absolute atomic E-state index is 13.3. The number of carbonyl (C=O) groups excluding carboxylic acids is 2. The van der Waals surface area contributed by atoms with Crippen molar-refractivity contribution in [2.24, 2.45) is 0 Å². The summed E-state index contributed by atoms with van der Waals surface area (Å²) in [6, 6.07) is 0. The molecule has 0 aromatic heterocycles. The molecule has 0 aliphatic heterocycles. The first-order valence-electron chi connectivity index (χ1n) is 18.5. The normalized spacial score (nSPS) is 12.6. The molecule has 0 bridgehead atoms. The minimum atomic E-state index is -1.22. The van der Waals surface area contributed by atoms with Gasteiger partial charge in [0.15, 0.2) is 11.6 Å². The van der Waals surface area contributed by atoms with Crippen LogP contribution in [0.2, 0.25) is 0 Å². The van der Waals surface area contributed by atoms with Gasteiger partial charge in [0.2, 0.25) is 0 Å². The lowest BCUT2D eigenvalue weighted by Crippen LogP contribution is -2.60. The van der Waals surface area contributed by atoms with Gasteiger partial charge >= 0.3 is 0 Å². The van der Waals surface area contributed by atoms with Gasteiger partial charge in [-0.05, 0) is 26.2 Å². The minimum Gasteiger partial charge on any atom is -0.379 e. The number of unbranched alkanes of at least 4 members (excludes halogenated alkanes) is 24. The van der Waals surface area contributed by atoms with Crippen LogP contribution in [0.3, 0.4) is 0 Å². The predicted octanol–water partition coefficient (Wildman–Crippen LogP) is 11.2. The summed E-state index contributed by atoms with van der Waals surface area (Å²) in [4.78, 5) is 26.6. The van der Waals surface area contributed by atoms with E-state index in [0.717, 1.165) is 25.7 Å². The van der Waals surface area contributed by atoms with Gasteiger partial charge in [0.25, 0.3) is 0 Å². The molecule has 0 spiro atoms. The van der Waals surface area contributed by atoms with Gasteiger partial charge in [-0.2, -0.15) is 0 Å². The van der Waals surface area contributed by atoms with Crippen LogP contribution >= 0.6 is 0 Å². The first-order chi connectivity index (χ1) is 19.9. The first kappa shape index (κ1) is 40.3. The molecular weight excluding hydrogens is 506 g/mol. The smallest absolute Gasteiger partial charge is 0.160 e. The van der Waals surface area contributed by atoms with E-state index in [1.807, 2.05) is 6.92 Å². The number of hydrogen-bond acceptors (Lipinski definition) is 4. The van der Waals surface area contributed by atoms with Crippen molar-refractivity contribution >= 4 is 11.6 Å². The summed E-state index contributed by atoms with van der Waals surface area (Å²) < 4.78 is 0. The number of aliphatic hydroxyl groups is 1. The Kier molecular flexibility index (Phi) is 28.8. The van der Waals surface area contributed by atoms with Crippen LogP contribution in [0.5, 0.6) is 0 Å². The summed E-state index contributed by atoms with van der Waals surface area (Å²) in [5.41, 5.74) is -1.22. The fourth-order valence-electron chi connectivity index (χ4n) is 6.20. The van der Waals surface area contributed by atoms with Crippen molar-refractivity contribution in [3.05, 3.63) is 0 Å². The average Bonchev–Trinajstić information content (AvgIpc) is 2.96. The van der Waals surface area contributed by atoms with Crippen molar-refractivity contribution in [3.63, 3.8) is 0 Å². The van der Waals surface area contributed by atoms with Crippen molar-refractivity contribution in [1.82, 2.24) is 5.32 Å². The monoisotopic (exact) mass is 580 g/mol. The molecule has 0 saturated heterocycles. The topological polar surface area (TPSA) is 66.4 Å². The summed E-state index contributed by atoms with van der Waals surface area (Å²) in [7, 11) is 0. The molecule has 0 saturated carbocycles. The van der Waals surface area contributed by atoms with Gasteiger partial charge < -0.3 is 5.11 Å². The molecule has 2 N–H and O–H groups in total. The molecule has 0 fully saturated rings. The van der Waals surface area contributed by atoms with E-state index in [4.69, 9.17) is 0 Å². The number of ketones is 2. The summed E-state index contributed by atoms with van der Waals surface area (Å²) in [6.45, 7) is 8.05. The molecule has 0 aromatic rings. The van der Waals surface area contributed by atoms with Crippen LogP contribution in [-0.2, 0) is 9.59 Å². The molecule has 0 aliphatic carbocycles. The van der Waals surface area contributed by atoms with E-state index < -0.39 is 11.8 Å². The highest BCUT2D eigenvalue weighted by Gasteiger charge is 2.42. The Morgan fingerprint density at radius 1 is 0.488 bits per heavy atom. The number of carbonyl (C=O) groups is 2. The molecule has 41 heavy (non-hydrogen) atoms. The highest BCUT2D eigenvalue weighted by molar-refractivity contribution is 6.11. The second-order valence-electron chi connectivity index (χ2n) is 12.9. The minimum absolute atomic E-state index is 0.0244. The Hall–Kier alpha value is -0.740. The van der Waals surface area contributed by atoms with E-state index in [1.165, 1.54) is 141 Å². The lowest BCUT2D eigenvalue weighted by Gasteiger charge is -2.32. The van der Waals surface area contributed by atoms with Crippen LogP contribution in [0.1, 0.15) is 214 Å². The lowest BCUT2D eigenvalue weighted by molar-refractivity contribution is -0.139. The highest BCUT2D eigenvalue weighted by Crippen LogP contribution is 2.23. The second-order valence-corrected chi connectivity index (χ2v) is 12.9. The zero-order chi connectivity index (χ0) is 30.4. The van der Waals surface area contributed by atoms with Gasteiger partial charge in [0.05, 0.1) is 0 Å². The SMILES string of the molecule is CCCCCCCCCCCCCCCC(=O)C(CC)(NC(C)O)C(=O)CCCCCCCCCCCCCCC. The summed E-state index contributed by atoms with van der Waals surface area (Å²) in [5, 5.41) is 13.1. The second kappa shape index (κ2) is 29.3. The predicted molar refractivity (Wildman–Crippen MR) is 178 cm³/mol. The van der Waals surface area contributed by atoms with E-state index >= 15 is 0 Å². The van der Waals surface area contributed by atoms with Gasteiger partial charge in [-0.3, -0.25) is 14.9 Å². The summed E-state index contributed by atoms with van der Waals surface area (Å²) in [5.74, 6) is -0.0488. The van der Waals surface area contributed by atoms with Crippen molar-refractivity contribution < 1.29 is 14.7 Å². The zero-order valence-corrected chi connectivity index (χ0v) is 28.3. The molecule has 4 heteroatoms. The lowest BCUT2D eigenvalue weighted by atomic mass is 9.81. The molecular formula is C37H73NO3. The molecule has 0 heterocycles. The molecule has 0 amide bonds. The van der Waals surface area contributed by atoms with Crippen LogP contribution in [0.25, 0.3) is 0 Å². The quantitative estimate of drug-likeness (QED) is 0.0461. The number of nitrogens with one attached hydrogen (secondary N) is 1. The summed E-state index contributed by atoms with van der Waals surface area (Å²) in [6.07, 6.45) is 33.4. The molecule has 1 atom stereocenters. The average molecular weight is 580 g/mol. The van der Waals surface area contributed by atoms with E-state index in [9.17, 15) is 14.7 Å². The molecule has 0 aromatic carbocycles. The van der Waals surface area contributed by atoms with Gasteiger partial charge in [0.1, 0.15) is 11.8 Å². The van der Waals surface area contributed by atoms with Crippen LogP contribution in [0.15, 0.2) is 0 Å². The largest absolute Gasteiger partial charge is 0.379 e. The Bertz CT molecular complexity index is 547. The Balaban J connectivity index is 4.12. The molecule has 0 aliphatic rings. The Morgan fingerprint density at radius 2 is 0.732 bits per heavy atom. The van der Waals surface area contributed by atoms with Crippen LogP contribution < -0.4 is 5.32 Å². The maximum atomic E-state index is 13.3. The van der Waals surface area contributed by atoms with Gasteiger partial charge in [-0.25, -0.2) is 0 Å². The standard InChI is InChI=1S/C37H73NO3/c1-5-8-10-12-14-16-18-20-22-24-26-28-30-32-35(40)37(7-3,38-34(4)39)36(41)33-31-29-27-25-23-21-19-17-15-13-11-9-6-2/h34,38-39H,5-33H2,1-4H3. The number of aliphatic hydroxyl groups excluding tert-OH is 1. The van der Waals surface area contributed by atoms with Crippen LogP contribution in [0.4, 0.5) is 0 Å². The van der Waals surface area contributed by atoms with Crippen molar-refractivity contribution in [1.29, 1.82) is 0 Å².